The lowest BCUT2D eigenvalue weighted by Crippen LogP contribution is -2.48. The van der Waals surface area contributed by atoms with Gasteiger partial charge in [-0.15, -0.1) is 0 Å². The second kappa shape index (κ2) is 8.80. The molecular weight excluding hydrogens is 429 g/mol. The van der Waals surface area contributed by atoms with Gasteiger partial charge in [0.15, 0.2) is 5.82 Å². The van der Waals surface area contributed by atoms with Crippen LogP contribution in [0, 0.1) is 5.82 Å². The van der Waals surface area contributed by atoms with Gasteiger partial charge in [-0.2, -0.15) is 9.97 Å². The zero-order valence-corrected chi connectivity index (χ0v) is 18.4. The number of nitrogens with zero attached hydrogens (tertiary/aromatic N) is 6. The summed E-state index contributed by atoms with van der Waals surface area (Å²) in [6.07, 6.45) is 5.19. The Morgan fingerprint density at radius 1 is 1.15 bits per heavy atom. The van der Waals surface area contributed by atoms with Gasteiger partial charge >= 0.3 is 6.01 Å². The normalized spacial score (nSPS) is 16.8. The minimum absolute atomic E-state index is 0.0410. The maximum absolute atomic E-state index is 14.2. The fraction of sp³-hybridized carbons (Fsp3) is 0.500. The molecule has 3 aromatic rings. The summed E-state index contributed by atoms with van der Waals surface area (Å²) in [7, 11) is 0. The number of carbonyl (C=O) groups is 1. The van der Waals surface area contributed by atoms with Crippen LogP contribution in [0.4, 0.5) is 16.1 Å². The first-order chi connectivity index (χ1) is 16.0. The summed E-state index contributed by atoms with van der Waals surface area (Å²) in [5.74, 6) is -0.246. The summed E-state index contributed by atoms with van der Waals surface area (Å²) in [5.41, 5.74) is 6.01. The Morgan fingerprint density at radius 3 is 2.61 bits per heavy atom. The van der Waals surface area contributed by atoms with Crippen molar-refractivity contribution in [2.75, 3.05) is 23.7 Å². The van der Waals surface area contributed by atoms with Crippen molar-refractivity contribution in [2.45, 2.75) is 57.5 Å². The van der Waals surface area contributed by atoms with Gasteiger partial charge in [0, 0.05) is 37.3 Å². The number of piperidine rings is 1. The molecule has 0 atom stereocenters. The molecule has 2 aliphatic rings. The molecule has 33 heavy (non-hydrogen) atoms. The van der Waals surface area contributed by atoms with Crippen molar-refractivity contribution in [3.8, 4) is 11.5 Å². The lowest BCUT2D eigenvalue weighted by atomic mass is 10.0. The highest BCUT2D eigenvalue weighted by Crippen LogP contribution is 2.34. The van der Waals surface area contributed by atoms with Gasteiger partial charge in [0.25, 0.3) is 17.6 Å². The van der Waals surface area contributed by atoms with E-state index in [0.717, 1.165) is 44.3 Å². The van der Waals surface area contributed by atoms with E-state index in [1.165, 1.54) is 12.1 Å². The highest BCUT2D eigenvalue weighted by atomic mass is 19.1. The summed E-state index contributed by atoms with van der Waals surface area (Å²) in [4.78, 5) is 25.9. The number of nitrogens with two attached hydrogens (primary N) is 1. The quantitative estimate of drug-likeness (QED) is 0.535. The number of hydrogen-bond acceptors (Lipinski definition) is 9. The van der Waals surface area contributed by atoms with Crippen LogP contribution >= 0.6 is 0 Å². The molecule has 2 fully saturated rings. The molecule has 11 heteroatoms. The molecule has 0 radical (unpaired) electrons. The van der Waals surface area contributed by atoms with Gasteiger partial charge < -0.3 is 24.6 Å². The maximum Gasteiger partial charge on any atom is 0.324 e. The van der Waals surface area contributed by atoms with Crippen LogP contribution < -0.4 is 10.6 Å². The molecule has 5 rings (SSSR count). The van der Waals surface area contributed by atoms with Crippen molar-refractivity contribution in [2.24, 2.45) is 0 Å². The van der Waals surface area contributed by atoms with Crippen molar-refractivity contribution < 1.29 is 18.2 Å². The minimum atomic E-state index is -0.577. The highest BCUT2D eigenvalue weighted by molar-refractivity contribution is 5.91. The van der Waals surface area contributed by atoms with E-state index in [1.807, 2.05) is 4.90 Å². The Balaban J connectivity index is 1.28. The summed E-state index contributed by atoms with van der Waals surface area (Å²) < 4.78 is 24.8. The first-order valence-corrected chi connectivity index (χ1v) is 11.3. The van der Waals surface area contributed by atoms with Crippen LogP contribution in [0.25, 0.3) is 11.5 Å². The zero-order valence-electron chi connectivity index (χ0n) is 18.4. The molecule has 10 nitrogen and oxygen atoms in total. The molecule has 1 aliphatic carbocycles. The average Bonchev–Trinajstić information content (AvgIpc) is 3.31. The molecule has 174 valence electrons. The maximum atomic E-state index is 14.2. The van der Waals surface area contributed by atoms with Crippen molar-refractivity contribution >= 4 is 17.6 Å². The van der Waals surface area contributed by atoms with E-state index < -0.39 is 5.82 Å². The number of carbonyl (C=O) groups excluding carboxylic acids is 1. The number of hydrogen-bond donors (Lipinski definition) is 1. The van der Waals surface area contributed by atoms with Crippen LogP contribution in [0.3, 0.4) is 0 Å². The molecule has 2 aromatic heterocycles. The molecule has 1 aliphatic heterocycles. The van der Waals surface area contributed by atoms with Crippen LogP contribution in [-0.4, -0.2) is 56.3 Å². The molecular formula is C22H26FN7O3. The van der Waals surface area contributed by atoms with Crippen molar-refractivity contribution in [1.82, 2.24) is 25.2 Å². The molecule has 1 aromatic carbocycles. The topological polar surface area (TPSA) is 127 Å². The van der Waals surface area contributed by atoms with Gasteiger partial charge in [0.05, 0.1) is 5.56 Å². The molecule has 1 saturated heterocycles. The van der Waals surface area contributed by atoms with Crippen LogP contribution in [0.15, 0.2) is 27.2 Å². The molecule has 0 unspecified atom stereocenters. The number of halogens is 1. The van der Waals surface area contributed by atoms with Gasteiger partial charge in [-0.1, -0.05) is 17.2 Å². The number of nitrogen functional groups attached to an aromatic ring is 1. The minimum Gasteiger partial charge on any atom is -0.399 e. The van der Waals surface area contributed by atoms with Crippen molar-refractivity contribution in [3.05, 3.63) is 35.7 Å². The molecule has 1 amide bonds. The molecule has 1 saturated carbocycles. The molecule has 0 spiro atoms. The van der Waals surface area contributed by atoms with Gasteiger partial charge in [-0.3, -0.25) is 4.79 Å². The Bertz CT molecular complexity index is 1130. The van der Waals surface area contributed by atoms with Crippen molar-refractivity contribution in [3.63, 3.8) is 0 Å². The SMILES string of the molecule is CCCc1noc(N2CCC(N(C(=O)c3noc(-c4ccc(N)cc4F)n3)C3CC3)CC2)n1. The highest BCUT2D eigenvalue weighted by Gasteiger charge is 2.41. The van der Waals surface area contributed by atoms with Gasteiger partial charge in [0.2, 0.25) is 0 Å². The van der Waals surface area contributed by atoms with E-state index in [0.29, 0.717) is 24.8 Å². The second-order valence-electron chi connectivity index (χ2n) is 8.57. The largest absolute Gasteiger partial charge is 0.399 e. The first-order valence-electron chi connectivity index (χ1n) is 11.3. The number of aromatic nitrogens is 4. The third-order valence-electron chi connectivity index (χ3n) is 6.08. The van der Waals surface area contributed by atoms with Crippen LogP contribution in [0.5, 0.6) is 0 Å². The lowest BCUT2D eigenvalue weighted by Gasteiger charge is -2.37. The third-order valence-corrected chi connectivity index (χ3v) is 6.08. The summed E-state index contributed by atoms with van der Waals surface area (Å²) >= 11 is 0. The van der Waals surface area contributed by atoms with Crippen molar-refractivity contribution in [1.29, 1.82) is 0 Å². The molecule has 2 N–H and O–H groups in total. The van der Waals surface area contributed by atoms with Gasteiger partial charge in [-0.25, -0.2) is 4.39 Å². The number of anilines is 2. The lowest BCUT2D eigenvalue weighted by molar-refractivity contribution is 0.0613. The zero-order chi connectivity index (χ0) is 22.9. The van der Waals surface area contributed by atoms with E-state index >= 15 is 0 Å². The Hall–Kier alpha value is -3.50. The predicted molar refractivity (Wildman–Crippen MR) is 117 cm³/mol. The van der Waals surface area contributed by atoms with Gasteiger partial charge in [0.1, 0.15) is 5.82 Å². The summed E-state index contributed by atoms with van der Waals surface area (Å²) in [6.45, 7) is 3.50. The van der Waals surface area contributed by atoms with Crippen LogP contribution in [0.1, 0.15) is 55.5 Å². The number of amides is 1. The number of benzene rings is 1. The van der Waals surface area contributed by atoms with E-state index in [2.05, 4.69) is 32.1 Å². The number of rotatable bonds is 7. The molecule has 0 bridgehead atoms. The standard InChI is InChI=1S/C22H26FN7O3/c1-2-3-18-25-22(33-27-18)29-10-8-15(9-11-29)30(14-5-6-14)21(31)19-26-20(32-28-19)16-7-4-13(24)12-17(16)23/h4,7,12,14-15H,2-3,5-6,8-11,24H2,1H3. The smallest absolute Gasteiger partial charge is 0.324 e. The summed E-state index contributed by atoms with van der Waals surface area (Å²) in [5, 5.41) is 7.87. The second-order valence-corrected chi connectivity index (χ2v) is 8.57. The fourth-order valence-electron chi connectivity index (χ4n) is 4.26. The van der Waals surface area contributed by atoms with E-state index in [-0.39, 0.29) is 35.3 Å². The predicted octanol–water partition coefficient (Wildman–Crippen LogP) is 3.07. The van der Waals surface area contributed by atoms with Crippen LogP contribution in [-0.2, 0) is 6.42 Å². The monoisotopic (exact) mass is 455 g/mol. The average molecular weight is 455 g/mol. The summed E-state index contributed by atoms with van der Waals surface area (Å²) in [6, 6.07) is 4.94. The number of aryl methyl sites for hydroxylation is 1. The van der Waals surface area contributed by atoms with Crippen LogP contribution in [0.2, 0.25) is 0 Å². The van der Waals surface area contributed by atoms with E-state index in [1.54, 1.807) is 6.07 Å². The third kappa shape index (κ3) is 4.39. The Morgan fingerprint density at radius 2 is 1.91 bits per heavy atom. The molecule has 3 heterocycles. The van der Waals surface area contributed by atoms with E-state index in [4.69, 9.17) is 14.8 Å². The van der Waals surface area contributed by atoms with E-state index in [9.17, 15) is 9.18 Å². The Kier molecular flexibility index (Phi) is 5.69. The first kappa shape index (κ1) is 21.4. The Labute approximate surface area is 189 Å². The van der Waals surface area contributed by atoms with Gasteiger partial charge in [-0.05, 0) is 50.3 Å². The fourth-order valence-corrected chi connectivity index (χ4v) is 4.26.